The summed E-state index contributed by atoms with van der Waals surface area (Å²) in [7, 11) is -3.78. The standard InChI is InChI=1S/C12H12N2O4S2/c1-8(10-4-5-19-7-10)14-20(17,18)11-3-2-9(6-13-11)12(15)16/h2-8,14H,1H3,(H,15,16). The maximum absolute atomic E-state index is 12.1. The van der Waals surface area contributed by atoms with Crippen molar-refractivity contribution < 1.29 is 18.3 Å². The zero-order valence-corrected chi connectivity index (χ0v) is 12.1. The van der Waals surface area contributed by atoms with Crippen LogP contribution in [0.25, 0.3) is 0 Å². The predicted octanol–water partition coefficient (Wildman–Crippen LogP) is 1.88. The SMILES string of the molecule is CC(NS(=O)(=O)c1ccc(C(=O)O)cn1)c1ccsc1. The Morgan fingerprint density at radius 1 is 1.40 bits per heavy atom. The zero-order valence-electron chi connectivity index (χ0n) is 10.5. The van der Waals surface area contributed by atoms with Crippen LogP contribution in [0.2, 0.25) is 0 Å². The molecule has 0 aliphatic rings. The molecule has 0 radical (unpaired) electrons. The summed E-state index contributed by atoms with van der Waals surface area (Å²) in [6.45, 7) is 1.73. The van der Waals surface area contributed by atoms with E-state index in [1.54, 1.807) is 6.92 Å². The molecule has 0 fully saturated rings. The third-order valence-electron chi connectivity index (χ3n) is 2.63. The molecule has 2 N–H and O–H groups in total. The highest BCUT2D eigenvalue weighted by Gasteiger charge is 2.20. The van der Waals surface area contributed by atoms with Crippen molar-refractivity contribution in [2.45, 2.75) is 18.0 Å². The van der Waals surface area contributed by atoms with Crippen LogP contribution < -0.4 is 4.72 Å². The quantitative estimate of drug-likeness (QED) is 0.878. The summed E-state index contributed by atoms with van der Waals surface area (Å²) < 4.78 is 26.7. The molecule has 0 amide bonds. The van der Waals surface area contributed by atoms with Crippen LogP contribution in [-0.4, -0.2) is 24.5 Å². The summed E-state index contributed by atoms with van der Waals surface area (Å²) in [6.07, 6.45) is 1.02. The Balaban J connectivity index is 2.20. The number of aromatic carboxylic acids is 1. The van der Waals surface area contributed by atoms with Crippen molar-refractivity contribution in [2.75, 3.05) is 0 Å². The minimum absolute atomic E-state index is 0.0603. The number of thiophene rings is 1. The molecule has 8 heteroatoms. The average Bonchev–Trinajstić information content (AvgIpc) is 2.92. The molecule has 1 unspecified atom stereocenters. The Labute approximate surface area is 120 Å². The highest BCUT2D eigenvalue weighted by Crippen LogP contribution is 2.18. The van der Waals surface area contributed by atoms with Crippen molar-refractivity contribution in [1.29, 1.82) is 0 Å². The average molecular weight is 312 g/mol. The first kappa shape index (κ1) is 14.6. The van der Waals surface area contributed by atoms with Crippen molar-refractivity contribution in [2.24, 2.45) is 0 Å². The largest absolute Gasteiger partial charge is 0.478 e. The van der Waals surface area contributed by atoms with Gasteiger partial charge in [-0.15, -0.1) is 0 Å². The van der Waals surface area contributed by atoms with E-state index < -0.39 is 16.0 Å². The molecule has 0 saturated carbocycles. The molecule has 20 heavy (non-hydrogen) atoms. The first-order valence-corrected chi connectivity index (χ1v) is 8.06. The van der Waals surface area contributed by atoms with Gasteiger partial charge in [-0.1, -0.05) is 0 Å². The first-order valence-electron chi connectivity index (χ1n) is 5.64. The Kier molecular flexibility index (Phi) is 4.17. The molecule has 106 valence electrons. The van der Waals surface area contributed by atoms with Crippen molar-refractivity contribution in [1.82, 2.24) is 9.71 Å². The Morgan fingerprint density at radius 2 is 2.15 bits per heavy atom. The van der Waals surface area contributed by atoms with E-state index in [1.807, 2.05) is 16.8 Å². The maximum atomic E-state index is 12.1. The van der Waals surface area contributed by atoms with Gasteiger partial charge in [-0.25, -0.2) is 22.9 Å². The molecule has 0 spiro atoms. The molecular weight excluding hydrogens is 300 g/mol. The zero-order chi connectivity index (χ0) is 14.8. The number of carbonyl (C=O) groups is 1. The van der Waals surface area contributed by atoms with Crippen LogP contribution in [0.1, 0.15) is 28.9 Å². The van der Waals surface area contributed by atoms with Crippen molar-refractivity contribution in [3.8, 4) is 0 Å². The number of sulfonamides is 1. The molecule has 0 aliphatic carbocycles. The van der Waals surface area contributed by atoms with Gasteiger partial charge in [-0.2, -0.15) is 11.3 Å². The molecule has 0 saturated heterocycles. The lowest BCUT2D eigenvalue weighted by Gasteiger charge is -2.12. The van der Waals surface area contributed by atoms with Crippen LogP contribution in [0.3, 0.4) is 0 Å². The van der Waals surface area contributed by atoms with E-state index in [0.29, 0.717) is 0 Å². The number of aromatic nitrogens is 1. The van der Waals surface area contributed by atoms with Gasteiger partial charge in [0.2, 0.25) is 0 Å². The molecule has 0 aliphatic heterocycles. The molecule has 2 aromatic rings. The molecule has 2 heterocycles. The normalized spacial score (nSPS) is 13.1. The van der Waals surface area contributed by atoms with Crippen LogP contribution in [0, 0.1) is 0 Å². The monoisotopic (exact) mass is 312 g/mol. The van der Waals surface area contributed by atoms with Crippen LogP contribution >= 0.6 is 11.3 Å². The van der Waals surface area contributed by atoms with Crippen LogP contribution in [0.4, 0.5) is 0 Å². The van der Waals surface area contributed by atoms with Gasteiger partial charge in [-0.3, -0.25) is 0 Å². The lowest BCUT2D eigenvalue weighted by molar-refractivity contribution is 0.0696. The summed E-state index contributed by atoms with van der Waals surface area (Å²) >= 11 is 1.48. The first-order chi connectivity index (χ1) is 9.40. The fraction of sp³-hybridized carbons (Fsp3) is 0.167. The fourth-order valence-electron chi connectivity index (χ4n) is 1.55. The second kappa shape index (κ2) is 5.70. The van der Waals surface area contributed by atoms with Crippen molar-refractivity contribution >= 4 is 27.3 Å². The second-order valence-electron chi connectivity index (χ2n) is 4.09. The molecule has 1 atom stereocenters. The van der Waals surface area contributed by atoms with Crippen LogP contribution in [0.5, 0.6) is 0 Å². The fourth-order valence-corrected chi connectivity index (χ4v) is 3.46. The number of nitrogens with one attached hydrogen (secondary N) is 1. The van der Waals surface area contributed by atoms with Gasteiger partial charge in [0, 0.05) is 12.2 Å². The van der Waals surface area contributed by atoms with Crippen LogP contribution in [0.15, 0.2) is 40.2 Å². The molecular formula is C12H12N2O4S2. The second-order valence-corrected chi connectivity index (χ2v) is 6.53. The lowest BCUT2D eigenvalue weighted by atomic mass is 10.2. The smallest absolute Gasteiger partial charge is 0.337 e. The van der Waals surface area contributed by atoms with Gasteiger partial charge in [0.25, 0.3) is 10.0 Å². The minimum Gasteiger partial charge on any atom is -0.478 e. The highest BCUT2D eigenvalue weighted by molar-refractivity contribution is 7.89. The number of hydrogen-bond acceptors (Lipinski definition) is 5. The number of carboxylic acid groups (broad SMARTS) is 1. The third kappa shape index (κ3) is 3.21. The van der Waals surface area contributed by atoms with Gasteiger partial charge in [-0.05, 0) is 41.4 Å². The van der Waals surface area contributed by atoms with Crippen molar-refractivity contribution in [3.63, 3.8) is 0 Å². The van der Waals surface area contributed by atoms with E-state index >= 15 is 0 Å². The van der Waals surface area contributed by atoms with Crippen molar-refractivity contribution in [3.05, 3.63) is 46.3 Å². The highest BCUT2D eigenvalue weighted by atomic mass is 32.2. The summed E-state index contributed by atoms with van der Waals surface area (Å²) in [4.78, 5) is 14.4. The van der Waals surface area contributed by atoms with E-state index in [-0.39, 0.29) is 16.6 Å². The number of hydrogen-bond donors (Lipinski definition) is 2. The van der Waals surface area contributed by atoms with Gasteiger partial charge >= 0.3 is 5.97 Å². The maximum Gasteiger partial charge on any atom is 0.337 e. The van der Waals surface area contributed by atoms with Gasteiger partial charge < -0.3 is 5.11 Å². The number of nitrogens with zero attached hydrogens (tertiary/aromatic N) is 1. The van der Waals surface area contributed by atoms with E-state index in [9.17, 15) is 13.2 Å². The topological polar surface area (TPSA) is 96.4 Å². The Bertz CT molecular complexity index is 694. The molecule has 0 bridgehead atoms. The van der Waals surface area contributed by atoms with E-state index in [1.165, 1.54) is 23.5 Å². The van der Waals surface area contributed by atoms with Gasteiger partial charge in [0.15, 0.2) is 5.03 Å². The van der Waals surface area contributed by atoms with E-state index in [2.05, 4.69) is 9.71 Å². The third-order valence-corrected chi connectivity index (χ3v) is 4.79. The number of pyridine rings is 1. The minimum atomic E-state index is -3.78. The predicted molar refractivity (Wildman–Crippen MR) is 74.3 cm³/mol. The number of carboxylic acids is 1. The van der Waals surface area contributed by atoms with E-state index in [4.69, 9.17) is 5.11 Å². The number of rotatable bonds is 5. The molecule has 2 aromatic heterocycles. The van der Waals surface area contributed by atoms with Crippen LogP contribution in [-0.2, 0) is 10.0 Å². The molecule has 0 aromatic carbocycles. The Hall–Kier alpha value is -1.77. The summed E-state index contributed by atoms with van der Waals surface area (Å²) in [5, 5.41) is 12.3. The lowest BCUT2D eigenvalue weighted by Crippen LogP contribution is -2.27. The van der Waals surface area contributed by atoms with Gasteiger partial charge in [0.05, 0.1) is 5.56 Å². The summed E-state index contributed by atoms with van der Waals surface area (Å²) in [6, 6.07) is 3.83. The summed E-state index contributed by atoms with van der Waals surface area (Å²) in [5.74, 6) is -1.15. The summed E-state index contributed by atoms with van der Waals surface area (Å²) in [5.41, 5.74) is 0.801. The Morgan fingerprint density at radius 3 is 2.65 bits per heavy atom. The molecule has 2 rings (SSSR count). The van der Waals surface area contributed by atoms with Gasteiger partial charge in [0.1, 0.15) is 0 Å². The van der Waals surface area contributed by atoms with E-state index in [0.717, 1.165) is 11.8 Å². The molecule has 6 nitrogen and oxygen atoms in total.